The van der Waals surface area contributed by atoms with Crippen LogP contribution in [0.25, 0.3) is 0 Å². The Hall–Kier alpha value is -1.73. The van der Waals surface area contributed by atoms with Crippen LogP contribution in [0.1, 0.15) is 132 Å². The van der Waals surface area contributed by atoms with Gasteiger partial charge in [-0.3, -0.25) is 4.79 Å². The van der Waals surface area contributed by atoms with Gasteiger partial charge in [-0.2, -0.15) is 26.3 Å². The second-order valence-corrected chi connectivity index (χ2v) is 12.9. The van der Waals surface area contributed by atoms with Gasteiger partial charge in [0, 0.05) is 12.0 Å². The number of rotatable bonds is 9. The topological polar surface area (TPSA) is 26.3 Å². The highest BCUT2D eigenvalue weighted by Gasteiger charge is 2.48. The van der Waals surface area contributed by atoms with Gasteiger partial charge in [-0.1, -0.05) is 32.6 Å². The molecule has 0 aromatic heterocycles. The number of alkyl halides is 6. The van der Waals surface area contributed by atoms with Crippen molar-refractivity contribution >= 4 is 5.78 Å². The van der Waals surface area contributed by atoms with Gasteiger partial charge in [0.15, 0.2) is 5.78 Å². The van der Waals surface area contributed by atoms with Crippen LogP contribution in [0.5, 0.6) is 5.75 Å². The molecule has 1 aromatic carbocycles. The van der Waals surface area contributed by atoms with Gasteiger partial charge in [-0.05, 0) is 119 Å². The minimum atomic E-state index is -5.34. The highest BCUT2D eigenvalue weighted by molar-refractivity contribution is 5.98. The molecule has 0 saturated heterocycles. The maximum absolute atomic E-state index is 13.9. The maximum Gasteiger partial charge on any atom is 0.420 e. The molecular weight excluding hydrogens is 542 g/mol. The number of carbonyl (C=O) groups excluding carboxylic acids is 1. The predicted octanol–water partition coefficient (Wildman–Crippen LogP) is 10.9. The molecule has 0 amide bonds. The van der Waals surface area contributed by atoms with E-state index in [1.165, 1.54) is 71.1 Å². The number of carbonyl (C=O) groups is 1. The van der Waals surface area contributed by atoms with Gasteiger partial charge in [0.05, 0.1) is 12.2 Å². The number of halogens is 6. The molecule has 3 saturated carbocycles. The van der Waals surface area contributed by atoms with E-state index in [9.17, 15) is 31.1 Å². The molecule has 232 valence electrons. The third kappa shape index (κ3) is 8.01. The first-order chi connectivity index (χ1) is 19.4. The second-order valence-electron chi connectivity index (χ2n) is 12.9. The summed E-state index contributed by atoms with van der Waals surface area (Å²) in [5.74, 6) is 2.04. The van der Waals surface area contributed by atoms with E-state index in [2.05, 4.69) is 6.92 Å². The van der Waals surface area contributed by atoms with Crippen molar-refractivity contribution in [2.75, 3.05) is 6.61 Å². The summed E-state index contributed by atoms with van der Waals surface area (Å²) in [6, 6.07) is 1.70. The molecule has 0 radical (unpaired) electrons. The second kappa shape index (κ2) is 13.7. The van der Waals surface area contributed by atoms with Crippen LogP contribution in [0.3, 0.4) is 0 Å². The minimum Gasteiger partial charge on any atom is -0.493 e. The first-order valence-electron chi connectivity index (χ1n) is 15.9. The largest absolute Gasteiger partial charge is 0.493 e. The van der Waals surface area contributed by atoms with Crippen molar-refractivity contribution in [1.29, 1.82) is 0 Å². The van der Waals surface area contributed by atoms with Crippen LogP contribution >= 0.6 is 0 Å². The molecule has 0 unspecified atom stereocenters. The lowest BCUT2D eigenvalue weighted by atomic mass is 9.64. The molecule has 41 heavy (non-hydrogen) atoms. The molecule has 0 aliphatic heterocycles. The maximum atomic E-state index is 13.9. The smallest absolute Gasteiger partial charge is 0.420 e. The first kappa shape index (κ1) is 32.2. The minimum absolute atomic E-state index is 0.101. The molecule has 0 N–H and O–H groups in total. The van der Waals surface area contributed by atoms with Gasteiger partial charge in [-0.25, -0.2) is 0 Å². The summed E-state index contributed by atoms with van der Waals surface area (Å²) >= 11 is 0. The molecule has 2 nitrogen and oxygen atoms in total. The fraction of sp³-hybridized carbons (Fsp3) is 0.788. The quantitative estimate of drug-likeness (QED) is 0.212. The van der Waals surface area contributed by atoms with Gasteiger partial charge >= 0.3 is 12.4 Å². The molecule has 0 spiro atoms. The predicted molar refractivity (Wildman–Crippen MR) is 148 cm³/mol. The van der Waals surface area contributed by atoms with Crippen LogP contribution in [0.2, 0.25) is 0 Å². The van der Waals surface area contributed by atoms with E-state index in [-0.39, 0.29) is 18.9 Å². The number of benzene rings is 1. The first-order valence-corrected chi connectivity index (χ1v) is 15.9. The van der Waals surface area contributed by atoms with Crippen molar-refractivity contribution in [3.05, 3.63) is 28.8 Å². The zero-order valence-corrected chi connectivity index (χ0v) is 24.5. The van der Waals surface area contributed by atoms with E-state index in [0.29, 0.717) is 11.8 Å². The van der Waals surface area contributed by atoms with Crippen molar-refractivity contribution in [3.63, 3.8) is 0 Å². The molecule has 4 rings (SSSR count). The van der Waals surface area contributed by atoms with Crippen molar-refractivity contribution < 1.29 is 35.9 Å². The highest BCUT2D eigenvalue weighted by atomic mass is 19.4. The number of ketones is 1. The van der Waals surface area contributed by atoms with Gasteiger partial charge in [0.25, 0.3) is 0 Å². The molecule has 1 aromatic rings. The van der Waals surface area contributed by atoms with E-state index >= 15 is 0 Å². The zero-order chi connectivity index (χ0) is 29.8. The lowest BCUT2D eigenvalue weighted by molar-refractivity contribution is -0.163. The van der Waals surface area contributed by atoms with Gasteiger partial charge in [0.1, 0.15) is 11.3 Å². The summed E-state index contributed by atoms with van der Waals surface area (Å²) in [5.41, 5.74) is -4.74. The fourth-order valence-corrected chi connectivity index (χ4v) is 8.35. The lowest BCUT2D eigenvalue weighted by Crippen LogP contribution is -2.30. The number of hydrogen-bond donors (Lipinski definition) is 0. The van der Waals surface area contributed by atoms with E-state index in [0.717, 1.165) is 55.6 Å². The molecule has 3 aliphatic rings. The van der Waals surface area contributed by atoms with Crippen molar-refractivity contribution in [3.8, 4) is 5.75 Å². The number of ether oxygens (including phenoxy) is 1. The van der Waals surface area contributed by atoms with Gasteiger partial charge < -0.3 is 4.74 Å². The highest BCUT2D eigenvalue weighted by Crippen LogP contribution is 2.49. The standard InChI is InChI=1S/C33H46F6O2/c1-3-5-21-6-10-23(11-7-21)25-14-16-26(17-15-25)24-12-8-22(9-13-24)20-28(40)27-18-19-29(41-4-2)31(33(37,38)39)30(27)32(34,35)36/h18-19,21-26H,3-17,20H2,1-2H3. The molecule has 0 atom stereocenters. The zero-order valence-electron chi connectivity index (χ0n) is 24.5. The Labute approximate surface area is 241 Å². The SMILES string of the molecule is CCCC1CCC(C2CCC(C3CCC(CC(=O)c4ccc(OCC)c(C(F)(F)F)c4C(F)(F)F)CC3)CC2)CC1. The fourth-order valence-electron chi connectivity index (χ4n) is 8.35. The van der Waals surface area contributed by atoms with Crippen LogP contribution in [-0.4, -0.2) is 12.4 Å². The van der Waals surface area contributed by atoms with E-state index in [4.69, 9.17) is 4.74 Å². The van der Waals surface area contributed by atoms with Gasteiger partial charge in [-0.15, -0.1) is 0 Å². The summed E-state index contributed by atoms with van der Waals surface area (Å²) in [5, 5.41) is 0. The number of hydrogen-bond acceptors (Lipinski definition) is 2. The average Bonchev–Trinajstić information content (AvgIpc) is 2.93. The Morgan fingerprint density at radius 1 is 0.683 bits per heavy atom. The molecular formula is C33H46F6O2. The normalized spacial score (nSPS) is 29.8. The average molecular weight is 589 g/mol. The molecule has 0 heterocycles. The van der Waals surface area contributed by atoms with Gasteiger partial charge in [0.2, 0.25) is 0 Å². The van der Waals surface area contributed by atoms with Crippen LogP contribution in [0, 0.1) is 35.5 Å². The Morgan fingerprint density at radius 2 is 1.12 bits per heavy atom. The van der Waals surface area contributed by atoms with E-state index in [1.54, 1.807) is 0 Å². The van der Waals surface area contributed by atoms with Crippen molar-refractivity contribution in [2.45, 2.75) is 123 Å². The van der Waals surface area contributed by atoms with E-state index in [1.807, 2.05) is 0 Å². The Morgan fingerprint density at radius 3 is 1.54 bits per heavy atom. The van der Waals surface area contributed by atoms with Crippen molar-refractivity contribution in [2.24, 2.45) is 35.5 Å². The Kier molecular flexibility index (Phi) is 10.8. The molecule has 3 aliphatic carbocycles. The Bertz CT molecular complexity index is 992. The molecule has 8 heteroatoms. The molecule has 3 fully saturated rings. The van der Waals surface area contributed by atoms with Crippen LogP contribution in [-0.2, 0) is 12.4 Å². The van der Waals surface area contributed by atoms with Crippen LogP contribution in [0.4, 0.5) is 26.3 Å². The third-order valence-corrected chi connectivity index (χ3v) is 10.4. The number of Topliss-reactive ketones (excluding diaryl/α,β-unsaturated/α-hetero) is 1. The monoisotopic (exact) mass is 588 g/mol. The van der Waals surface area contributed by atoms with Crippen molar-refractivity contribution in [1.82, 2.24) is 0 Å². The summed E-state index contributed by atoms with van der Waals surface area (Å²) in [6.45, 7) is 3.45. The van der Waals surface area contributed by atoms with Crippen LogP contribution < -0.4 is 4.74 Å². The lowest BCUT2D eigenvalue weighted by Gasteiger charge is -2.41. The molecule has 0 bridgehead atoms. The Balaban J connectivity index is 1.32. The summed E-state index contributed by atoms with van der Waals surface area (Å²) in [7, 11) is 0. The summed E-state index contributed by atoms with van der Waals surface area (Å²) < 4.78 is 88.0. The van der Waals surface area contributed by atoms with E-state index < -0.39 is 40.6 Å². The summed E-state index contributed by atoms with van der Waals surface area (Å²) in [4.78, 5) is 13.0. The summed E-state index contributed by atoms with van der Waals surface area (Å²) in [6.07, 6.45) is 5.84. The van der Waals surface area contributed by atoms with Crippen LogP contribution in [0.15, 0.2) is 12.1 Å². The third-order valence-electron chi connectivity index (χ3n) is 10.4.